The third kappa shape index (κ3) is 8.50. The molecule has 0 amide bonds. The van der Waals surface area contributed by atoms with Gasteiger partial charge in [0.25, 0.3) is 0 Å². The van der Waals surface area contributed by atoms with Gasteiger partial charge in [0.1, 0.15) is 17.3 Å². The Morgan fingerprint density at radius 2 is 1.48 bits per heavy atom. The summed E-state index contributed by atoms with van der Waals surface area (Å²) in [6.07, 6.45) is 14.5. The maximum Gasteiger partial charge on any atom is 0.163 e. The average Bonchev–Trinajstić information content (AvgIpc) is 2.89. The smallest absolute Gasteiger partial charge is 0.163 e. The minimum atomic E-state index is -0.0622. The van der Waals surface area contributed by atoms with Crippen LogP contribution >= 0.6 is 0 Å². The highest BCUT2D eigenvalue weighted by molar-refractivity contribution is 6.00. The molecule has 1 aromatic rings. The number of hydrogen-bond donors (Lipinski definition) is 0. The summed E-state index contributed by atoms with van der Waals surface area (Å²) in [7, 11) is 0. The zero-order chi connectivity index (χ0) is 31.0. The molecule has 6 rings (SSSR count). The van der Waals surface area contributed by atoms with Gasteiger partial charge in [0.05, 0.1) is 6.42 Å². The van der Waals surface area contributed by atoms with Crippen LogP contribution < -0.4 is 0 Å². The highest BCUT2D eigenvalue weighted by Gasteiger charge is 2.53. The number of carbonyl (C=O) groups excluding carboxylic acids is 4. The van der Waals surface area contributed by atoms with Gasteiger partial charge < -0.3 is 0 Å². The summed E-state index contributed by atoms with van der Waals surface area (Å²) in [6.45, 7) is 13.7. The maximum absolute atomic E-state index is 12.7. The predicted octanol–water partition coefficient (Wildman–Crippen LogP) is 9.33. The lowest BCUT2D eigenvalue weighted by Gasteiger charge is -2.55. The van der Waals surface area contributed by atoms with E-state index in [1.54, 1.807) is 0 Å². The van der Waals surface area contributed by atoms with Crippen molar-refractivity contribution in [3.8, 4) is 0 Å². The van der Waals surface area contributed by atoms with Crippen molar-refractivity contribution in [1.29, 1.82) is 0 Å². The molecular formula is C38H58O4. The van der Waals surface area contributed by atoms with E-state index in [2.05, 4.69) is 26.8 Å². The Labute approximate surface area is 256 Å². The van der Waals surface area contributed by atoms with E-state index in [1.165, 1.54) is 51.9 Å². The van der Waals surface area contributed by atoms with Gasteiger partial charge in [-0.3, -0.25) is 19.2 Å². The Morgan fingerprint density at radius 3 is 1.95 bits per heavy atom. The van der Waals surface area contributed by atoms with Crippen molar-refractivity contribution in [3.63, 3.8) is 0 Å². The largest absolute Gasteiger partial charge is 0.300 e. The normalized spacial score (nSPS) is 28.4. The van der Waals surface area contributed by atoms with Gasteiger partial charge in [0.2, 0.25) is 0 Å². The fourth-order valence-electron chi connectivity index (χ4n) is 9.24. The van der Waals surface area contributed by atoms with Crippen LogP contribution in [0.2, 0.25) is 0 Å². The molecule has 0 N–H and O–H groups in total. The summed E-state index contributed by atoms with van der Waals surface area (Å²) in [5, 5.41) is 0. The first-order valence-corrected chi connectivity index (χ1v) is 17.1. The average molecular weight is 579 g/mol. The van der Waals surface area contributed by atoms with Crippen molar-refractivity contribution in [2.75, 3.05) is 0 Å². The summed E-state index contributed by atoms with van der Waals surface area (Å²) in [5.74, 6) is 4.00. The quantitative estimate of drug-likeness (QED) is 0.259. The summed E-state index contributed by atoms with van der Waals surface area (Å²) >= 11 is 0. The monoisotopic (exact) mass is 578 g/mol. The number of ketones is 4. The summed E-state index contributed by atoms with van der Waals surface area (Å²) in [4.78, 5) is 48.3. The third-order valence-electron chi connectivity index (χ3n) is 10.5. The molecule has 42 heavy (non-hydrogen) atoms. The molecule has 0 aliphatic heterocycles. The van der Waals surface area contributed by atoms with Crippen LogP contribution in [0.3, 0.4) is 0 Å². The van der Waals surface area contributed by atoms with Gasteiger partial charge in [-0.15, -0.1) is 0 Å². The van der Waals surface area contributed by atoms with Crippen LogP contribution in [-0.4, -0.2) is 23.1 Å². The van der Waals surface area contributed by atoms with Crippen molar-refractivity contribution >= 4 is 23.1 Å². The van der Waals surface area contributed by atoms with E-state index in [0.717, 1.165) is 66.5 Å². The lowest BCUT2D eigenvalue weighted by Crippen LogP contribution is -2.49. The van der Waals surface area contributed by atoms with Gasteiger partial charge in [-0.1, -0.05) is 65.2 Å². The lowest BCUT2D eigenvalue weighted by atomic mass is 9.48. The van der Waals surface area contributed by atoms with Crippen LogP contribution in [-0.2, 0) is 20.8 Å². The van der Waals surface area contributed by atoms with Crippen molar-refractivity contribution in [2.45, 2.75) is 138 Å². The Morgan fingerprint density at radius 1 is 0.905 bits per heavy atom. The fourth-order valence-corrected chi connectivity index (χ4v) is 9.24. The van der Waals surface area contributed by atoms with E-state index < -0.39 is 0 Å². The molecule has 4 saturated carbocycles. The second-order valence-electron chi connectivity index (χ2n) is 14.4. The molecule has 4 fully saturated rings. The molecule has 5 aliphatic rings. The van der Waals surface area contributed by atoms with E-state index in [9.17, 15) is 19.2 Å². The van der Waals surface area contributed by atoms with Gasteiger partial charge in [-0.25, -0.2) is 0 Å². The molecule has 0 radical (unpaired) electrons. The minimum Gasteiger partial charge on any atom is -0.300 e. The van der Waals surface area contributed by atoms with E-state index in [0.29, 0.717) is 18.1 Å². The number of hydrogen-bond acceptors (Lipinski definition) is 4. The maximum atomic E-state index is 12.7. The minimum absolute atomic E-state index is 0.0460. The summed E-state index contributed by atoms with van der Waals surface area (Å²) < 4.78 is 0. The van der Waals surface area contributed by atoms with Crippen molar-refractivity contribution in [2.24, 2.45) is 40.9 Å². The van der Waals surface area contributed by atoms with Crippen LogP contribution in [0.5, 0.6) is 0 Å². The summed E-state index contributed by atoms with van der Waals surface area (Å²) in [6, 6.07) is 6.10. The first-order valence-electron chi connectivity index (χ1n) is 17.1. The third-order valence-corrected chi connectivity index (χ3v) is 10.5. The lowest BCUT2D eigenvalue weighted by molar-refractivity contribution is -0.141. The molecule has 4 nitrogen and oxygen atoms in total. The van der Waals surface area contributed by atoms with Crippen molar-refractivity contribution in [3.05, 3.63) is 34.9 Å². The first kappa shape index (κ1) is 34.4. The van der Waals surface area contributed by atoms with Crippen molar-refractivity contribution < 1.29 is 19.2 Å². The van der Waals surface area contributed by atoms with E-state index in [1.807, 2.05) is 32.9 Å². The molecule has 0 saturated heterocycles. The van der Waals surface area contributed by atoms with Crippen LogP contribution in [0.25, 0.3) is 0 Å². The molecular weight excluding hydrogens is 520 g/mol. The van der Waals surface area contributed by atoms with Gasteiger partial charge in [-0.2, -0.15) is 0 Å². The highest BCUT2D eigenvalue weighted by Crippen LogP contribution is 2.60. The molecule has 0 spiro atoms. The molecule has 0 aromatic heterocycles. The predicted molar refractivity (Wildman–Crippen MR) is 172 cm³/mol. The Balaban J connectivity index is 0.000000248. The van der Waals surface area contributed by atoms with Crippen molar-refractivity contribution in [1.82, 2.24) is 0 Å². The van der Waals surface area contributed by atoms with E-state index in [-0.39, 0.29) is 41.0 Å². The summed E-state index contributed by atoms with van der Waals surface area (Å²) in [5.41, 5.74) is 3.30. The number of Topliss-reactive ketones (excluding diaryl/α,β-unsaturated/α-hetero) is 4. The fraction of sp³-hybridized carbons (Fsp3) is 0.737. The van der Waals surface area contributed by atoms with E-state index >= 15 is 0 Å². The molecule has 3 unspecified atom stereocenters. The standard InChI is InChI=1S/C23H32O3.C12H18O.C3H8/c1-5-8-18(20(6-2)21(25)11-16(4)24)12-17-13-19-10-7-9-15(3)23(19)22(26)14-17;1-8(13)12-5-9-2-10(6-12)4-11(3-9)7-12;1-3-2/h7,9-10,17-18,20H,5-6,8,11-14H2,1-4H3;9-11H,2-7H2,1H3;3H2,1-2H3. The Hall–Kier alpha value is -2.10. The molecule has 1 aromatic carbocycles. The Kier molecular flexibility index (Phi) is 12.8. The molecule has 4 bridgehead atoms. The second kappa shape index (κ2) is 15.6. The zero-order valence-corrected chi connectivity index (χ0v) is 27.7. The van der Waals surface area contributed by atoms with Crippen LogP contribution in [0.1, 0.15) is 146 Å². The molecule has 5 aliphatic carbocycles. The molecule has 4 heteroatoms. The van der Waals surface area contributed by atoms with Crippen LogP contribution in [0.15, 0.2) is 18.2 Å². The molecule has 234 valence electrons. The number of rotatable bonds is 10. The van der Waals surface area contributed by atoms with Gasteiger partial charge in [0.15, 0.2) is 5.78 Å². The molecule has 0 heterocycles. The number of benzene rings is 1. The van der Waals surface area contributed by atoms with Gasteiger partial charge >= 0.3 is 0 Å². The second-order valence-corrected chi connectivity index (χ2v) is 14.4. The Bertz CT molecular complexity index is 1060. The van der Waals surface area contributed by atoms with Gasteiger partial charge in [-0.05, 0) is 119 Å². The number of fused-ring (bicyclic) bond motifs is 1. The molecule has 3 atom stereocenters. The van der Waals surface area contributed by atoms with Gasteiger partial charge in [0, 0.05) is 23.3 Å². The van der Waals surface area contributed by atoms with Crippen LogP contribution in [0.4, 0.5) is 0 Å². The number of aryl methyl sites for hydroxylation is 1. The van der Waals surface area contributed by atoms with E-state index in [4.69, 9.17) is 0 Å². The topological polar surface area (TPSA) is 68.3 Å². The van der Waals surface area contributed by atoms with Crippen LogP contribution in [0, 0.1) is 47.8 Å². The zero-order valence-electron chi connectivity index (χ0n) is 27.7. The SMILES string of the molecule is CC(=O)C12CC3CC(CC(C3)C1)C2.CCC.CCCC(CC1CC(=O)c2c(C)cccc2C1)C(CC)C(=O)CC(C)=O. The first-order chi connectivity index (χ1) is 20.0. The highest BCUT2D eigenvalue weighted by atomic mass is 16.1. The number of carbonyl (C=O) groups is 4.